The van der Waals surface area contributed by atoms with Crippen LogP contribution in [0.2, 0.25) is 0 Å². The summed E-state index contributed by atoms with van der Waals surface area (Å²) in [5.74, 6) is -0.879. The first-order valence-electron chi connectivity index (χ1n) is 9.04. The van der Waals surface area contributed by atoms with Gasteiger partial charge in [-0.15, -0.1) is 12.4 Å². The summed E-state index contributed by atoms with van der Waals surface area (Å²) >= 11 is 0. The molecular formula is C19H33ClN2O3. The van der Waals surface area contributed by atoms with Gasteiger partial charge in [0.25, 0.3) is 0 Å². The Bertz CT molecular complexity index is 458. The van der Waals surface area contributed by atoms with Crippen LogP contribution in [0.1, 0.15) is 56.3 Å². The Morgan fingerprint density at radius 3 is 2.12 bits per heavy atom. The van der Waals surface area contributed by atoms with E-state index in [0.29, 0.717) is 11.6 Å². The van der Waals surface area contributed by atoms with E-state index in [-0.39, 0.29) is 19.0 Å². The van der Waals surface area contributed by atoms with Gasteiger partial charge >= 0.3 is 5.97 Å². The number of carboxylic acids is 1. The third-order valence-corrected chi connectivity index (χ3v) is 4.39. The van der Waals surface area contributed by atoms with Crippen LogP contribution < -0.4 is 10.2 Å². The zero-order chi connectivity index (χ0) is 17.8. The average Bonchev–Trinajstić information content (AvgIpc) is 2.63. The SMILES string of the molecule is CCN(CC)c1ccc(C(=O)O)cc1.Cl.OCCNC1CCCCC1. The molecule has 0 aliphatic heterocycles. The van der Waals surface area contributed by atoms with Crippen molar-refractivity contribution in [2.75, 3.05) is 31.1 Å². The number of carbonyl (C=O) groups is 1. The maximum Gasteiger partial charge on any atom is 0.335 e. The zero-order valence-corrected chi connectivity index (χ0v) is 16.2. The molecule has 0 saturated heterocycles. The molecule has 2 rings (SSSR count). The monoisotopic (exact) mass is 372 g/mol. The summed E-state index contributed by atoms with van der Waals surface area (Å²) in [6.45, 7) is 7.07. The molecule has 1 aliphatic rings. The molecule has 144 valence electrons. The van der Waals surface area contributed by atoms with Crippen LogP contribution in [0.15, 0.2) is 24.3 Å². The molecule has 0 bridgehead atoms. The Hall–Kier alpha value is -1.30. The Morgan fingerprint density at radius 1 is 1.12 bits per heavy atom. The second-order valence-electron chi connectivity index (χ2n) is 6.04. The lowest BCUT2D eigenvalue weighted by Gasteiger charge is -2.22. The molecule has 0 radical (unpaired) electrons. The van der Waals surface area contributed by atoms with Gasteiger partial charge in [0.05, 0.1) is 12.2 Å². The third kappa shape index (κ3) is 9.10. The van der Waals surface area contributed by atoms with Crippen LogP contribution in [-0.4, -0.2) is 48.5 Å². The lowest BCUT2D eigenvalue weighted by atomic mass is 9.96. The first-order valence-corrected chi connectivity index (χ1v) is 9.04. The van der Waals surface area contributed by atoms with Gasteiger partial charge in [-0.1, -0.05) is 19.3 Å². The average molecular weight is 373 g/mol. The summed E-state index contributed by atoms with van der Waals surface area (Å²) < 4.78 is 0. The first kappa shape index (κ1) is 23.7. The van der Waals surface area contributed by atoms with Crippen molar-refractivity contribution < 1.29 is 15.0 Å². The summed E-state index contributed by atoms with van der Waals surface area (Å²) in [5, 5.41) is 20.6. The van der Waals surface area contributed by atoms with Crippen molar-refractivity contribution in [3.63, 3.8) is 0 Å². The van der Waals surface area contributed by atoms with Crippen LogP contribution in [0.25, 0.3) is 0 Å². The molecule has 1 fully saturated rings. The van der Waals surface area contributed by atoms with Crippen molar-refractivity contribution >= 4 is 24.1 Å². The van der Waals surface area contributed by atoms with E-state index in [2.05, 4.69) is 24.1 Å². The third-order valence-electron chi connectivity index (χ3n) is 4.39. The fraction of sp³-hybridized carbons (Fsp3) is 0.632. The van der Waals surface area contributed by atoms with Crippen molar-refractivity contribution in [2.45, 2.75) is 52.0 Å². The lowest BCUT2D eigenvalue weighted by molar-refractivity contribution is 0.0697. The molecule has 1 aromatic carbocycles. The molecule has 3 N–H and O–H groups in total. The van der Waals surface area contributed by atoms with Gasteiger partial charge in [-0.3, -0.25) is 0 Å². The number of hydrogen-bond donors (Lipinski definition) is 3. The highest BCUT2D eigenvalue weighted by Crippen LogP contribution is 2.17. The lowest BCUT2D eigenvalue weighted by Crippen LogP contribution is -2.32. The Morgan fingerprint density at radius 2 is 1.68 bits per heavy atom. The van der Waals surface area contributed by atoms with E-state index in [9.17, 15) is 4.79 Å². The van der Waals surface area contributed by atoms with Gasteiger partial charge in [0.15, 0.2) is 0 Å². The number of rotatable bonds is 7. The highest BCUT2D eigenvalue weighted by Gasteiger charge is 2.11. The van der Waals surface area contributed by atoms with Gasteiger partial charge in [0.2, 0.25) is 0 Å². The molecule has 0 atom stereocenters. The number of anilines is 1. The Labute approximate surface area is 157 Å². The topological polar surface area (TPSA) is 72.8 Å². The molecule has 0 aromatic heterocycles. The molecular weight excluding hydrogens is 340 g/mol. The summed E-state index contributed by atoms with van der Waals surface area (Å²) in [4.78, 5) is 12.8. The van der Waals surface area contributed by atoms with Crippen LogP contribution in [-0.2, 0) is 0 Å². The highest BCUT2D eigenvalue weighted by molar-refractivity contribution is 5.88. The maximum atomic E-state index is 10.6. The van der Waals surface area contributed by atoms with Crippen LogP contribution in [0.5, 0.6) is 0 Å². The first-order chi connectivity index (χ1) is 11.6. The van der Waals surface area contributed by atoms with E-state index in [0.717, 1.165) is 25.3 Å². The normalized spacial score (nSPS) is 14.0. The number of benzene rings is 1. The zero-order valence-electron chi connectivity index (χ0n) is 15.4. The summed E-state index contributed by atoms with van der Waals surface area (Å²) in [6, 6.07) is 7.65. The predicted octanol–water partition coefficient (Wildman–Crippen LogP) is 3.55. The Balaban J connectivity index is 0.000000465. The fourth-order valence-corrected chi connectivity index (χ4v) is 2.98. The van der Waals surface area contributed by atoms with Gasteiger partial charge < -0.3 is 20.4 Å². The smallest absolute Gasteiger partial charge is 0.335 e. The molecule has 0 heterocycles. The standard InChI is InChI=1S/C11H15NO2.C8H17NO.ClH/c1-3-12(4-2)10-7-5-9(6-8-10)11(13)14;10-7-6-9-8-4-2-1-3-5-8;/h5-8H,3-4H2,1-2H3,(H,13,14);8-10H,1-7H2;1H. The summed E-state index contributed by atoms with van der Waals surface area (Å²) in [6.07, 6.45) is 6.74. The second-order valence-corrected chi connectivity index (χ2v) is 6.04. The molecule has 25 heavy (non-hydrogen) atoms. The summed E-state index contributed by atoms with van der Waals surface area (Å²) in [7, 11) is 0. The minimum Gasteiger partial charge on any atom is -0.478 e. The van der Waals surface area contributed by atoms with E-state index in [1.54, 1.807) is 12.1 Å². The van der Waals surface area contributed by atoms with Crippen molar-refractivity contribution in [3.05, 3.63) is 29.8 Å². The van der Waals surface area contributed by atoms with E-state index >= 15 is 0 Å². The number of hydrogen-bond acceptors (Lipinski definition) is 4. The maximum absolute atomic E-state index is 10.6. The quantitative estimate of drug-likeness (QED) is 0.682. The number of aliphatic hydroxyl groups is 1. The fourth-order valence-electron chi connectivity index (χ4n) is 2.98. The van der Waals surface area contributed by atoms with Gasteiger partial charge in [-0.05, 0) is 51.0 Å². The van der Waals surface area contributed by atoms with Crippen molar-refractivity contribution in [1.29, 1.82) is 0 Å². The number of carboxylic acid groups (broad SMARTS) is 1. The van der Waals surface area contributed by atoms with Gasteiger partial charge in [-0.25, -0.2) is 4.79 Å². The van der Waals surface area contributed by atoms with Crippen LogP contribution >= 0.6 is 12.4 Å². The molecule has 1 aliphatic carbocycles. The Kier molecular flexibility index (Phi) is 13.2. The summed E-state index contributed by atoms with van der Waals surface area (Å²) in [5.41, 5.74) is 1.40. The van der Waals surface area contributed by atoms with Gasteiger partial charge in [0, 0.05) is 31.4 Å². The highest BCUT2D eigenvalue weighted by atomic mass is 35.5. The predicted molar refractivity (Wildman–Crippen MR) is 106 cm³/mol. The second kappa shape index (κ2) is 13.9. The molecule has 6 heteroatoms. The van der Waals surface area contributed by atoms with Crippen molar-refractivity contribution in [2.24, 2.45) is 0 Å². The largest absolute Gasteiger partial charge is 0.478 e. The van der Waals surface area contributed by atoms with E-state index in [4.69, 9.17) is 10.2 Å². The number of aliphatic hydroxyl groups excluding tert-OH is 1. The number of halogens is 1. The molecule has 5 nitrogen and oxygen atoms in total. The number of aromatic carboxylic acids is 1. The van der Waals surface area contributed by atoms with Crippen LogP contribution in [0.4, 0.5) is 5.69 Å². The number of nitrogens with zero attached hydrogens (tertiary/aromatic N) is 1. The van der Waals surface area contributed by atoms with Crippen LogP contribution in [0, 0.1) is 0 Å². The molecule has 0 unspecified atom stereocenters. The van der Waals surface area contributed by atoms with Gasteiger partial charge in [0.1, 0.15) is 0 Å². The van der Waals surface area contributed by atoms with Crippen LogP contribution in [0.3, 0.4) is 0 Å². The van der Waals surface area contributed by atoms with E-state index in [1.807, 2.05) is 12.1 Å². The van der Waals surface area contributed by atoms with E-state index < -0.39 is 5.97 Å². The molecule has 0 spiro atoms. The minimum atomic E-state index is -0.879. The van der Waals surface area contributed by atoms with Gasteiger partial charge in [-0.2, -0.15) is 0 Å². The van der Waals surface area contributed by atoms with Crippen molar-refractivity contribution in [3.8, 4) is 0 Å². The van der Waals surface area contributed by atoms with Crippen molar-refractivity contribution in [1.82, 2.24) is 5.32 Å². The molecule has 1 saturated carbocycles. The van der Waals surface area contributed by atoms with E-state index in [1.165, 1.54) is 32.1 Å². The minimum absolute atomic E-state index is 0. The molecule has 0 amide bonds. The number of nitrogens with one attached hydrogen (secondary N) is 1. The molecule has 1 aromatic rings.